The summed E-state index contributed by atoms with van der Waals surface area (Å²) >= 11 is 4.97. The van der Waals surface area contributed by atoms with E-state index >= 15 is 0 Å². The van der Waals surface area contributed by atoms with Crippen molar-refractivity contribution in [3.8, 4) is 0 Å². The molecule has 1 aromatic rings. The Kier molecular flexibility index (Phi) is 3.47. The lowest BCUT2D eigenvalue weighted by atomic mass is 10.1. The van der Waals surface area contributed by atoms with E-state index in [9.17, 15) is 22.4 Å². The van der Waals surface area contributed by atoms with Crippen LogP contribution in [-0.2, 0) is 4.79 Å². The summed E-state index contributed by atoms with van der Waals surface area (Å²) in [6.07, 6.45) is 1.53. The molecular weight excluding hydrogens is 236 g/mol. The Labute approximate surface area is 87.0 Å². The second kappa shape index (κ2) is 4.44. The second-order valence-electron chi connectivity index (χ2n) is 2.48. The Morgan fingerprint density at radius 2 is 1.40 bits per heavy atom. The van der Waals surface area contributed by atoms with Crippen LogP contribution in [0.3, 0.4) is 0 Å². The number of hydrogen-bond donors (Lipinski definition) is 0. The third-order valence-electron chi connectivity index (χ3n) is 1.59. The van der Waals surface area contributed by atoms with Gasteiger partial charge in [0.15, 0.2) is 23.3 Å². The van der Waals surface area contributed by atoms with Gasteiger partial charge in [-0.2, -0.15) is 0 Å². The predicted molar refractivity (Wildman–Crippen MR) is 46.4 cm³/mol. The van der Waals surface area contributed by atoms with Crippen molar-refractivity contribution in [3.05, 3.63) is 39.9 Å². The number of hydrogen-bond acceptors (Lipinski definition) is 1. The molecular formula is C9H3ClF4O. The van der Waals surface area contributed by atoms with Crippen molar-refractivity contribution in [2.75, 3.05) is 0 Å². The van der Waals surface area contributed by atoms with E-state index in [1.807, 2.05) is 0 Å². The molecule has 15 heavy (non-hydrogen) atoms. The fraction of sp³-hybridized carbons (Fsp3) is 0. The number of rotatable bonds is 2. The van der Waals surface area contributed by atoms with Crippen molar-refractivity contribution in [1.82, 2.24) is 0 Å². The average molecular weight is 239 g/mol. The van der Waals surface area contributed by atoms with Crippen LogP contribution in [0.1, 0.15) is 5.56 Å². The summed E-state index contributed by atoms with van der Waals surface area (Å²) in [5.74, 6) is -6.67. The molecule has 1 aromatic carbocycles. The highest BCUT2D eigenvalue weighted by Crippen LogP contribution is 2.28. The fourth-order valence-corrected chi connectivity index (χ4v) is 1.07. The Morgan fingerprint density at radius 1 is 0.933 bits per heavy atom. The first-order valence-electron chi connectivity index (χ1n) is 3.64. The second-order valence-corrected chi connectivity index (χ2v) is 2.86. The minimum atomic E-state index is -1.69. The van der Waals surface area contributed by atoms with Gasteiger partial charge in [0, 0.05) is 0 Å². The van der Waals surface area contributed by atoms with Crippen molar-refractivity contribution in [2.45, 2.75) is 0 Å². The summed E-state index contributed by atoms with van der Waals surface area (Å²) in [5, 5.41) is -1.26. The maximum absolute atomic E-state index is 13.0. The topological polar surface area (TPSA) is 17.1 Å². The van der Waals surface area contributed by atoms with Gasteiger partial charge in [-0.1, -0.05) is 11.6 Å². The molecule has 0 saturated carbocycles. The summed E-state index contributed by atoms with van der Waals surface area (Å²) in [6.45, 7) is 0. The predicted octanol–water partition coefficient (Wildman–Crippen LogP) is 3.11. The molecule has 0 N–H and O–H groups in total. The van der Waals surface area contributed by atoms with Gasteiger partial charge in [0.05, 0.1) is 5.56 Å². The Morgan fingerprint density at radius 3 is 1.80 bits per heavy atom. The Bertz CT molecular complexity index is 413. The van der Waals surface area contributed by atoms with Gasteiger partial charge < -0.3 is 0 Å². The first kappa shape index (κ1) is 11.7. The van der Waals surface area contributed by atoms with Gasteiger partial charge in [0.25, 0.3) is 0 Å². The van der Waals surface area contributed by atoms with Gasteiger partial charge >= 0.3 is 0 Å². The van der Waals surface area contributed by atoms with E-state index in [0.717, 1.165) is 0 Å². The van der Waals surface area contributed by atoms with Gasteiger partial charge in [-0.05, 0) is 12.2 Å². The van der Waals surface area contributed by atoms with E-state index in [-0.39, 0.29) is 6.29 Å². The number of aldehydes is 1. The summed E-state index contributed by atoms with van der Waals surface area (Å²) in [4.78, 5) is 9.89. The lowest BCUT2D eigenvalue weighted by Gasteiger charge is -2.04. The van der Waals surface area contributed by atoms with E-state index in [2.05, 4.69) is 0 Å². The zero-order chi connectivity index (χ0) is 11.6. The molecule has 0 fully saturated rings. The van der Waals surface area contributed by atoms with Gasteiger partial charge in [-0.25, -0.2) is 17.6 Å². The zero-order valence-corrected chi connectivity index (χ0v) is 7.79. The minimum absolute atomic E-state index is 0.212. The van der Waals surface area contributed by atoms with Gasteiger partial charge in [-0.15, -0.1) is 0 Å². The van der Waals surface area contributed by atoms with Crippen LogP contribution in [0.4, 0.5) is 17.6 Å². The largest absolute Gasteiger partial charge is 0.299 e. The van der Waals surface area contributed by atoms with Crippen molar-refractivity contribution in [2.24, 2.45) is 0 Å². The van der Waals surface area contributed by atoms with Crippen LogP contribution in [0.2, 0.25) is 5.02 Å². The lowest BCUT2D eigenvalue weighted by Crippen LogP contribution is -2.00. The summed E-state index contributed by atoms with van der Waals surface area (Å²) in [7, 11) is 0. The van der Waals surface area contributed by atoms with Crippen LogP contribution in [0.25, 0.3) is 6.08 Å². The SMILES string of the molecule is O=C/C=C/c1c(F)c(F)c(Cl)c(F)c1F. The maximum Gasteiger partial charge on any atom is 0.181 e. The van der Waals surface area contributed by atoms with Crippen LogP contribution in [-0.4, -0.2) is 6.29 Å². The normalized spacial score (nSPS) is 11.0. The maximum atomic E-state index is 13.0. The van der Waals surface area contributed by atoms with Gasteiger partial charge in [-0.3, -0.25) is 4.79 Å². The van der Waals surface area contributed by atoms with E-state index in [1.54, 1.807) is 0 Å². The van der Waals surface area contributed by atoms with Crippen LogP contribution in [0.5, 0.6) is 0 Å². The number of allylic oxidation sites excluding steroid dienone is 1. The van der Waals surface area contributed by atoms with Crippen LogP contribution in [0, 0.1) is 23.3 Å². The number of halogens is 5. The first-order valence-corrected chi connectivity index (χ1v) is 4.01. The molecule has 0 aliphatic carbocycles. The van der Waals surface area contributed by atoms with E-state index < -0.39 is 33.9 Å². The standard InChI is InChI=1S/C9H3ClF4O/c10-5-8(13)6(11)4(2-1-3-15)7(12)9(5)14/h1-3H/b2-1+. The van der Waals surface area contributed by atoms with E-state index in [1.165, 1.54) is 0 Å². The van der Waals surface area contributed by atoms with Crippen LogP contribution >= 0.6 is 11.6 Å². The lowest BCUT2D eigenvalue weighted by molar-refractivity contribution is -0.104. The molecule has 0 aliphatic rings. The molecule has 6 heteroatoms. The van der Waals surface area contributed by atoms with Crippen LogP contribution < -0.4 is 0 Å². The molecule has 1 rings (SSSR count). The molecule has 0 amide bonds. The van der Waals surface area contributed by atoms with Crippen molar-refractivity contribution >= 4 is 24.0 Å². The first-order chi connectivity index (χ1) is 7.00. The third-order valence-corrected chi connectivity index (χ3v) is 1.92. The molecule has 0 aromatic heterocycles. The summed E-state index contributed by atoms with van der Waals surface area (Å²) in [5.41, 5.74) is -0.985. The van der Waals surface area contributed by atoms with Crippen LogP contribution in [0.15, 0.2) is 6.08 Å². The van der Waals surface area contributed by atoms with Gasteiger partial charge in [0.2, 0.25) is 0 Å². The molecule has 0 atom stereocenters. The molecule has 1 nitrogen and oxygen atoms in total. The minimum Gasteiger partial charge on any atom is -0.299 e. The van der Waals surface area contributed by atoms with E-state index in [0.29, 0.717) is 12.2 Å². The van der Waals surface area contributed by atoms with Crippen molar-refractivity contribution in [1.29, 1.82) is 0 Å². The fourth-order valence-electron chi connectivity index (χ4n) is 0.904. The molecule has 0 bridgehead atoms. The summed E-state index contributed by atoms with van der Waals surface area (Å²) in [6, 6.07) is 0. The molecule has 80 valence electrons. The highest BCUT2D eigenvalue weighted by Gasteiger charge is 2.22. The highest BCUT2D eigenvalue weighted by atomic mass is 35.5. The molecule has 0 saturated heterocycles. The number of carbonyl (C=O) groups excluding carboxylic acids is 1. The Hall–Kier alpha value is -1.36. The number of benzene rings is 1. The monoisotopic (exact) mass is 238 g/mol. The molecule has 0 aliphatic heterocycles. The molecule has 0 radical (unpaired) electrons. The highest BCUT2D eigenvalue weighted by molar-refractivity contribution is 6.30. The molecule has 0 unspecified atom stereocenters. The molecule has 0 heterocycles. The number of carbonyl (C=O) groups is 1. The zero-order valence-electron chi connectivity index (χ0n) is 7.03. The van der Waals surface area contributed by atoms with Gasteiger partial charge in [0.1, 0.15) is 11.3 Å². The Balaban J connectivity index is 3.52. The average Bonchev–Trinajstić information content (AvgIpc) is 2.24. The third kappa shape index (κ3) is 2.02. The summed E-state index contributed by atoms with van der Waals surface area (Å²) < 4.78 is 51.6. The quantitative estimate of drug-likeness (QED) is 0.254. The molecule has 0 spiro atoms. The smallest absolute Gasteiger partial charge is 0.181 e. The van der Waals surface area contributed by atoms with Crippen molar-refractivity contribution in [3.63, 3.8) is 0 Å². The van der Waals surface area contributed by atoms with E-state index in [4.69, 9.17) is 11.6 Å². The van der Waals surface area contributed by atoms with Crippen molar-refractivity contribution < 1.29 is 22.4 Å².